The van der Waals surface area contributed by atoms with Gasteiger partial charge in [-0.3, -0.25) is 4.79 Å². The predicted molar refractivity (Wildman–Crippen MR) is 79.1 cm³/mol. The fraction of sp³-hybridized carbons (Fsp3) is 0.562. The van der Waals surface area contributed by atoms with Crippen LogP contribution in [0, 0.1) is 11.7 Å². The molecular formula is C16H23FN2O2. The van der Waals surface area contributed by atoms with Gasteiger partial charge in [-0.05, 0) is 42.9 Å². The van der Waals surface area contributed by atoms with Crippen LogP contribution < -0.4 is 5.73 Å². The molecule has 3 N–H and O–H groups in total. The van der Waals surface area contributed by atoms with E-state index in [1.54, 1.807) is 4.90 Å². The molecule has 4 nitrogen and oxygen atoms in total. The van der Waals surface area contributed by atoms with E-state index in [1.165, 1.54) is 12.1 Å². The highest BCUT2D eigenvalue weighted by Crippen LogP contribution is 2.22. The van der Waals surface area contributed by atoms with E-state index in [-0.39, 0.29) is 24.7 Å². The number of benzene rings is 1. The van der Waals surface area contributed by atoms with E-state index in [9.17, 15) is 14.3 Å². The Morgan fingerprint density at radius 1 is 1.33 bits per heavy atom. The summed E-state index contributed by atoms with van der Waals surface area (Å²) in [5.41, 5.74) is 6.46. The molecule has 2 rings (SSSR count). The van der Waals surface area contributed by atoms with E-state index in [2.05, 4.69) is 0 Å². The van der Waals surface area contributed by atoms with Crippen molar-refractivity contribution in [3.05, 3.63) is 35.6 Å². The lowest BCUT2D eigenvalue weighted by Crippen LogP contribution is -2.41. The van der Waals surface area contributed by atoms with Crippen molar-refractivity contribution >= 4 is 5.91 Å². The maximum atomic E-state index is 12.9. The van der Waals surface area contributed by atoms with Gasteiger partial charge in [0, 0.05) is 19.6 Å². The Labute approximate surface area is 124 Å². The lowest BCUT2D eigenvalue weighted by atomic mass is 9.90. The van der Waals surface area contributed by atoms with Crippen molar-refractivity contribution in [3.63, 3.8) is 0 Å². The monoisotopic (exact) mass is 294 g/mol. The Hall–Kier alpha value is -1.46. The molecule has 1 heterocycles. The Balaban J connectivity index is 1.77. The molecule has 116 valence electrons. The molecule has 1 fully saturated rings. The van der Waals surface area contributed by atoms with Crippen LogP contribution in [-0.4, -0.2) is 41.7 Å². The summed E-state index contributed by atoms with van der Waals surface area (Å²) in [5.74, 6) is 0.296. The van der Waals surface area contributed by atoms with Crippen LogP contribution in [0.2, 0.25) is 0 Å². The molecule has 5 heteroatoms. The van der Waals surface area contributed by atoms with Crippen molar-refractivity contribution in [2.24, 2.45) is 11.7 Å². The van der Waals surface area contributed by atoms with Gasteiger partial charge in [0.15, 0.2) is 0 Å². The number of hydrogen-bond acceptors (Lipinski definition) is 3. The van der Waals surface area contributed by atoms with Gasteiger partial charge in [0.05, 0.1) is 12.5 Å². The average Bonchev–Trinajstić information content (AvgIpc) is 2.50. The number of carbonyl (C=O) groups excluding carboxylic acids is 1. The van der Waals surface area contributed by atoms with Crippen molar-refractivity contribution in [1.82, 2.24) is 4.90 Å². The molecule has 0 saturated carbocycles. The normalized spacial score (nSPS) is 17.8. The lowest BCUT2D eigenvalue weighted by Gasteiger charge is -2.32. The smallest absolute Gasteiger partial charge is 0.225 e. The minimum Gasteiger partial charge on any atom is -0.391 e. The Morgan fingerprint density at radius 3 is 2.52 bits per heavy atom. The maximum absolute atomic E-state index is 12.9. The molecule has 1 unspecified atom stereocenters. The standard InChI is InChI=1S/C16H23FN2O2/c17-14-3-1-12(2-4-14)9-13-5-7-19(8-6-13)16(21)10-15(20)11-18/h1-4,13,15,20H,5-11,18H2. The fourth-order valence-corrected chi connectivity index (χ4v) is 2.75. The molecule has 0 bridgehead atoms. The summed E-state index contributed by atoms with van der Waals surface area (Å²) in [6.45, 7) is 1.57. The number of carbonyl (C=O) groups is 1. The first kappa shape index (κ1) is 15.9. The highest BCUT2D eigenvalue weighted by atomic mass is 19.1. The number of hydrogen-bond donors (Lipinski definition) is 2. The minimum atomic E-state index is -0.741. The van der Waals surface area contributed by atoms with Crippen LogP contribution in [0.5, 0.6) is 0 Å². The zero-order chi connectivity index (χ0) is 15.2. The number of halogens is 1. The molecule has 0 aliphatic carbocycles. The van der Waals surface area contributed by atoms with Gasteiger partial charge < -0.3 is 15.7 Å². The van der Waals surface area contributed by atoms with Gasteiger partial charge >= 0.3 is 0 Å². The second-order valence-corrected chi connectivity index (χ2v) is 5.75. The van der Waals surface area contributed by atoms with Gasteiger partial charge in [0.25, 0.3) is 0 Å². The Kier molecular flexibility index (Phi) is 5.70. The number of aliphatic hydroxyl groups is 1. The van der Waals surface area contributed by atoms with Crippen LogP contribution in [0.1, 0.15) is 24.8 Å². The molecule has 1 aliphatic heterocycles. The highest BCUT2D eigenvalue weighted by Gasteiger charge is 2.24. The number of amides is 1. The lowest BCUT2D eigenvalue weighted by molar-refractivity contribution is -0.134. The van der Waals surface area contributed by atoms with Crippen molar-refractivity contribution < 1.29 is 14.3 Å². The van der Waals surface area contributed by atoms with E-state index in [0.29, 0.717) is 5.92 Å². The summed E-state index contributed by atoms with van der Waals surface area (Å²) < 4.78 is 12.9. The van der Waals surface area contributed by atoms with Crippen LogP contribution in [0.25, 0.3) is 0 Å². The quantitative estimate of drug-likeness (QED) is 0.860. The van der Waals surface area contributed by atoms with Crippen molar-refractivity contribution in [1.29, 1.82) is 0 Å². The first-order valence-electron chi connectivity index (χ1n) is 7.49. The van der Waals surface area contributed by atoms with E-state index in [1.807, 2.05) is 12.1 Å². The van der Waals surface area contributed by atoms with Gasteiger partial charge in [0.2, 0.25) is 5.91 Å². The number of piperidine rings is 1. The van der Waals surface area contributed by atoms with Crippen molar-refractivity contribution in [2.75, 3.05) is 19.6 Å². The summed E-state index contributed by atoms with van der Waals surface area (Å²) in [6, 6.07) is 6.62. The number of nitrogens with two attached hydrogens (primary N) is 1. The molecule has 1 aromatic rings. The van der Waals surface area contributed by atoms with Crippen LogP contribution in [0.15, 0.2) is 24.3 Å². The number of aliphatic hydroxyl groups excluding tert-OH is 1. The summed E-state index contributed by atoms with van der Waals surface area (Å²) in [6.07, 6.45) is 2.19. The molecule has 0 radical (unpaired) electrons. The molecule has 1 amide bonds. The number of nitrogens with zero attached hydrogens (tertiary/aromatic N) is 1. The molecular weight excluding hydrogens is 271 g/mol. The van der Waals surface area contributed by atoms with Gasteiger partial charge in [-0.1, -0.05) is 12.1 Å². The van der Waals surface area contributed by atoms with Gasteiger partial charge in [-0.25, -0.2) is 4.39 Å². The summed E-state index contributed by atoms with van der Waals surface area (Å²) in [7, 11) is 0. The third kappa shape index (κ3) is 4.79. The summed E-state index contributed by atoms with van der Waals surface area (Å²) >= 11 is 0. The van der Waals surface area contributed by atoms with E-state index < -0.39 is 6.10 Å². The molecule has 21 heavy (non-hydrogen) atoms. The molecule has 1 saturated heterocycles. The number of rotatable bonds is 5. The average molecular weight is 294 g/mol. The Morgan fingerprint density at radius 2 is 1.95 bits per heavy atom. The first-order valence-corrected chi connectivity index (χ1v) is 7.49. The van der Waals surface area contributed by atoms with E-state index in [4.69, 9.17) is 5.73 Å². The maximum Gasteiger partial charge on any atom is 0.225 e. The molecule has 0 spiro atoms. The van der Waals surface area contributed by atoms with E-state index in [0.717, 1.165) is 37.9 Å². The highest BCUT2D eigenvalue weighted by molar-refractivity contribution is 5.76. The third-order valence-corrected chi connectivity index (χ3v) is 4.09. The van der Waals surface area contributed by atoms with Crippen LogP contribution >= 0.6 is 0 Å². The predicted octanol–water partition coefficient (Wildman–Crippen LogP) is 1.32. The van der Waals surface area contributed by atoms with Gasteiger partial charge in [0.1, 0.15) is 5.82 Å². The topological polar surface area (TPSA) is 66.6 Å². The summed E-state index contributed by atoms with van der Waals surface area (Å²) in [5, 5.41) is 9.43. The molecule has 1 aromatic carbocycles. The van der Waals surface area contributed by atoms with Gasteiger partial charge in [-0.15, -0.1) is 0 Å². The zero-order valence-corrected chi connectivity index (χ0v) is 12.2. The van der Waals surface area contributed by atoms with Crippen LogP contribution in [0.4, 0.5) is 4.39 Å². The van der Waals surface area contributed by atoms with Crippen LogP contribution in [-0.2, 0) is 11.2 Å². The number of likely N-dealkylation sites (tertiary alicyclic amines) is 1. The first-order chi connectivity index (χ1) is 10.1. The van der Waals surface area contributed by atoms with Crippen molar-refractivity contribution in [2.45, 2.75) is 31.8 Å². The van der Waals surface area contributed by atoms with E-state index >= 15 is 0 Å². The molecule has 1 aliphatic rings. The minimum absolute atomic E-state index is 0.0202. The van der Waals surface area contributed by atoms with Crippen molar-refractivity contribution in [3.8, 4) is 0 Å². The third-order valence-electron chi connectivity index (χ3n) is 4.09. The zero-order valence-electron chi connectivity index (χ0n) is 12.2. The van der Waals surface area contributed by atoms with Gasteiger partial charge in [-0.2, -0.15) is 0 Å². The second kappa shape index (κ2) is 7.52. The molecule has 0 aromatic heterocycles. The fourth-order valence-electron chi connectivity index (χ4n) is 2.75. The second-order valence-electron chi connectivity index (χ2n) is 5.75. The Bertz CT molecular complexity index is 456. The molecule has 1 atom stereocenters. The summed E-state index contributed by atoms with van der Waals surface area (Å²) in [4.78, 5) is 13.7. The van der Waals surface area contributed by atoms with Crippen LogP contribution in [0.3, 0.4) is 0 Å². The SMILES string of the molecule is NCC(O)CC(=O)N1CCC(Cc2ccc(F)cc2)CC1. The largest absolute Gasteiger partial charge is 0.391 e.